The van der Waals surface area contributed by atoms with E-state index in [2.05, 4.69) is 17.5 Å². The molecule has 0 heterocycles. The Hall–Kier alpha value is -2.19. The van der Waals surface area contributed by atoms with Crippen molar-refractivity contribution in [3.63, 3.8) is 0 Å². The molecule has 8 atom stereocenters. The summed E-state index contributed by atoms with van der Waals surface area (Å²) in [5, 5.41) is 23.6. The van der Waals surface area contributed by atoms with Gasteiger partial charge in [0.25, 0.3) is 0 Å². The third kappa shape index (κ3) is 4.75. The number of hydrogen-bond acceptors (Lipinski definition) is 8. The summed E-state index contributed by atoms with van der Waals surface area (Å²) in [5.41, 5.74) is 3.14. The third-order valence-electron chi connectivity index (χ3n) is 11.4. The van der Waals surface area contributed by atoms with Gasteiger partial charge in [0.15, 0.2) is 17.3 Å². The van der Waals surface area contributed by atoms with E-state index in [0.29, 0.717) is 40.9 Å². The van der Waals surface area contributed by atoms with Gasteiger partial charge in [0.2, 0.25) is 0 Å². The zero-order valence-corrected chi connectivity index (χ0v) is 24.3. The van der Waals surface area contributed by atoms with Gasteiger partial charge in [0.05, 0.1) is 33.0 Å². The molecule has 4 fully saturated rings. The number of carbonyl (C=O) groups excluding carboxylic acids is 1. The Kier molecular flexibility index (Phi) is 7.74. The second-order valence-corrected chi connectivity index (χ2v) is 13.3. The van der Waals surface area contributed by atoms with Crippen molar-refractivity contribution in [3.8, 4) is 0 Å². The number of nitrogens with zero attached hydrogens (tertiary/aromatic N) is 1. The summed E-state index contributed by atoms with van der Waals surface area (Å²) in [4.78, 5) is 13.6. The van der Waals surface area contributed by atoms with Crippen LogP contribution in [0, 0.1) is 45.8 Å². The fraction of sp³-hybridized carbons (Fsp3) is 0.774. The number of hydrazone groups is 1. The van der Waals surface area contributed by atoms with E-state index in [1.807, 2.05) is 14.0 Å². The SMILES string of the molecule is COC[C@]12CC[C@@](C)(O)C[C@@H]1CC[C@H]1[C@@H]3CC[C@H](C(=O)CN/N=C4/C=CC(OC)=C(OC)C4=N)[C@@]3(C)CC[C@@H]12. The van der Waals surface area contributed by atoms with Crippen molar-refractivity contribution in [2.24, 2.45) is 45.5 Å². The molecular formula is C31H47N3O5. The van der Waals surface area contributed by atoms with Gasteiger partial charge in [-0.3, -0.25) is 10.2 Å². The summed E-state index contributed by atoms with van der Waals surface area (Å²) >= 11 is 0. The van der Waals surface area contributed by atoms with Crippen LogP contribution in [-0.2, 0) is 19.0 Å². The van der Waals surface area contributed by atoms with Crippen LogP contribution in [0.2, 0.25) is 0 Å². The van der Waals surface area contributed by atoms with Crippen LogP contribution in [0.3, 0.4) is 0 Å². The predicted molar refractivity (Wildman–Crippen MR) is 150 cm³/mol. The normalized spacial score (nSPS) is 42.6. The largest absolute Gasteiger partial charge is 0.493 e. The van der Waals surface area contributed by atoms with Gasteiger partial charge in [-0.25, -0.2) is 0 Å². The van der Waals surface area contributed by atoms with E-state index in [-0.39, 0.29) is 34.8 Å². The van der Waals surface area contributed by atoms with Crippen molar-refractivity contribution >= 4 is 17.2 Å². The van der Waals surface area contributed by atoms with E-state index < -0.39 is 5.60 Å². The number of allylic oxidation sites excluding steroid dienone is 3. The maximum absolute atomic E-state index is 13.6. The Morgan fingerprint density at radius 2 is 1.85 bits per heavy atom. The van der Waals surface area contributed by atoms with Gasteiger partial charge < -0.3 is 24.7 Å². The lowest BCUT2D eigenvalue weighted by molar-refractivity contribution is -0.175. The van der Waals surface area contributed by atoms with Crippen molar-refractivity contribution in [2.45, 2.75) is 77.2 Å². The molecule has 0 aromatic carbocycles. The standard InChI is InChI=1S/C31H47N3O5/c1-29(36)14-15-31(18-37-3)19(16-29)6-7-20-21-8-9-23(30(21,2)13-12-22(20)31)25(35)17-33-34-24-10-11-26(38-4)28(39-5)27(24)32/h10-11,19-23,32-33,36H,6-9,12-18H2,1-5H3/b32-27?,34-24-/t19-,20-,21-,22-,23+,29+,30-,31+/m0/s1. The Balaban J connectivity index is 1.26. The first-order valence-electron chi connectivity index (χ1n) is 14.7. The van der Waals surface area contributed by atoms with Crippen LogP contribution >= 0.6 is 0 Å². The number of fused-ring (bicyclic) bond motifs is 5. The highest BCUT2D eigenvalue weighted by molar-refractivity contribution is 6.51. The fourth-order valence-corrected chi connectivity index (χ4v) is 9.65. The molecule has 8 nitrogen and oxygen atoms in total. The Morgan fingerprint density at radius 3 is 2.56 bits per heavy atom. The molecule has 39 heavy (non-hydrogen) atoms. The van der Waals surface area contributed by atoms with Crippen LogP contribution in [0.25, 0.3) is 0 Å². The van der Waals surface area contributed by atoms with Crippen LogP contribution in [0.1, 0.15) is 71.6 Å². The monoisotopic (exact) mass is 541 g/mol. The Morgan fingerprint density at radius 1 is 1.05 bits per heavy atom. The summed E-state index contributed by atoms with van der Waals surface area (Å²) in [6, 6.07) is 0. The molecular weight excluding hydrogens is 494 g/mol. The number of Topliss-reactive ketones (excluding diaryl/α,β-unsaturated/α-hetero) is 1. The molecule has 0 aromatic rings. The van der Waals surface area contributed by atoms with Crippen molar-refractivity contribution in [3.05, 3.63) is 23.7 Å². The van der Waals surface area contributed by atoms with Gasteiger partial charge in [-0.05, 0) is 111 Å². The van der Waals surface area contributed by atoms with E-state index in [4.69, 9.17) is 19.6 Å². The molecule has 8 heteroatoms. The molecule has 4 saturated carbocycles. The summed E-state index contributed by atoms with van der Waals surface area (Å²) in [6.07, 6.45) is 12.9. The summed E-state index contributed by atoms with van der Waals surface area (Å²) < 4.78 is 16.5. The lowest BCUT2D eigenvalue weighted by atomic mass is 9.43. The summed E-state index contributed by atoms with van der Waals surface area (Å²) in [5.74, 6) is 3.41. The van der Waals surface area contributed by atoms with E-state index in [1.54, 1.807) is 12.2 Å². The highest BCUT2D eigenvalue weighted by Gasteiger charge is 2.63. The number of nitrogens with one attached hydrogen (secondary N) is 2. The summed E-state index contributed by atoms with van der Waals surface area (Å²) in [6.45, 7) is 5.34. The zero-order valence-electron chi connectivity index (χ0n) is 24.3. The van der Waals surface area contributed by atoms with Crippen LogP contribution in [0.15, 0.2) is 28.8 Å². The van der Waals surface area contributed by atoms with Crippen LogP contribution in [-0.4, -0.2) is 62.4 Å². The van der Waals surface area contributed by atoms with Crippen LogP contribution < -0.4 is 5.43 Å². The van der Waals surface area contributed by atoms with Gasteiger partial charge in [0.1, 0.15) is 11.4 Å². The van der Waals surface area contributed by atoms with Crippen molar-refractivity contribution in [1.29, 1.82) is 5.41 Å². The molecule has 0 aliphatic heterocycles. The average molecular weight is 542 g/mol. The second kappa shape index (κ2) is 10.7. The maximum atomic E-state index is 13.6. The first kappa shape index (κ1) is 28.3. The number of methoxy groups -OCH3 is 3. The Labute approximate surface area is 233 Å². The quantitative estimate of drug-likeness (QED) is 0.305. The molecule has 0 radical (unpaired) electrons. The zero-order chi connectivity index (χ0) is 28.0. The van der Waals surface area contributed by atoms with Gasteiger partial charge in [-0.1, -0.05) is 6.92 Å². The number of carbonyl (C=O) groups is 1. The van der Waals surface area contributed by atoms with Gasteiger partial charge >= 0.3 is 0 Å². The van der Waals surface area contributed by atoms with Gasteiger partial charge in [-0.2, -0.15) is 5.10 Å². The average Bonchev–Trinajstić information content (AvgIpc) is 3.26. The smallest absolute Gasteiger partial charge is 0.188 e. The molecule has 0 amide bonds. The van der Waals surface area contributed by atoms with Gasteiger partial charge in [0, 0.05) is 13.0 Å². The topological polar surface area (TPSA) is 113 Å². The molecule has 5 aliphatic carbocycles. The number of ether oxygens (including phenoxy) is 3. The van der Waals surface area contributed by atoms with Crippen LogP contribution in [0.5, 0.6) is 0 Å². The number of rotatable bonds is 8. The molecule has 216 valence electrons. The molecule has 3 N–H and O–H groups in total. The summed E-state index contributed by atoms with van der Waals surface area (Å²) in [7, 11) is 4.88. The van der Waals surface area contributed by atoms with E-state index >= 15 is 0 Å². The van der Waals surface area contributed by atoms with Crippen molar-refractivity contribution < 1.29 is 24.1 Å². The Bertz CT molecular complexity index is 1080. The molecule has 0 unspecified atom stereocenters. The number of aliphatic hydroxyl groups is 1. The van der Waals surface area contributed by atoms with Crippen molar-refractivity contribution in [1.82, 2.24) is 5.43 Å². The fourth-order valence-electron chi connectivity index (χ4n) is 9.65. The highest BCUT2D eigenvalue weighted by atomic mass is 16.5. The molecule has 0 spiro atoms. The lowest BCUT2D eigenvalue weighted by Crippen LogP contribution is -2.58. The van der Waals surface area contributed by atoms with Gasteiger partial charge in [-0.15, -0.1) is 0 Å². The number of hydrogen-bond donors (Lipinski definition) is 3. The number of ketones is 1. The predicted octanol–water partition coefficient (Wildman–Crippen LogP) is 4.63. The first-order valence-corrected chi connectivity index (χ1v) is 14.7. The first-order chi connectivity index (χ1) is 18.6. The van der Waals surface area contributed by atoms with Crippen molar-refractivity contribution in [2.75, 3.05) is 34.5 Å². The second-order valence-electron chi connectivity index (χ2n) is 13.3. The molecule has 0 aromatic heterocycles. The highest BCUT2D eigenvalue weighted by Crippen LogP contribution is 2.68. The van der Waals surface area contributed by atoms with E-state index in [1.165, 1.54) is 20.6 Å². The van der Waals surface area contributed by atoms with E-state index in [0.717, 1.165) is 58.0 Å². The molecule has 0 saturated heterocycles. The molecule has 5 rings (SSSR count). The third-order valence-corrected chi connectivity index (χ3v) is 11.4. The lowest BCUT2D eigenvalue weighted by Gasteiger charge is -2.62. The molecule has 5 aliphatic rings. The maximum Gasteiger partial charge on any atom is 0.188 e. The van der Waals surface area contributed by atoms with Crippen LogP contribution in [0.4, 0.5) is 0 Å². The van der Waals surface area contributed by atoms with E-state index in [9.17, 15) is 9.90 Å². The minimum atomic E-state index is -0.557. The minimum Gasteiger partial charge on any atom is -0.493 e. The molecule has 0 bridgehead atoms. The minimum absolute atomic E-state index is 0.0190.